The highest BCUT2D eigenvalue weighted by atomic mass is 35.5. The number of sulfonamides is 1. The van der Waals surface area contributed by atoms with Crippen LogP contribution in [0.15, 0.2) is 45.8 Å². The fourth-order valence-corrected chi connectivity index (χ4v) is 5.04. The van der Waals surface area contributed by atoms with E-state index in [9.17, 15) is 13.2 Å². The maximum atomic E-state index is 13.2. The number of benzene rings is 1. The third kappa shape index (κ3) is 5.06. The van der Waals surface area contributed by atoms with E-state index in [2.05, 4.69) is 9.71 Å². The lowest BCUT2D eigenvalue weighted by molar-refractivity contribution is 0.0459. The number of anilines is 2. The number of nitrogens with zero attached hydrogens (tertiary/aromatic N) is 2. The number of aromatic nitrogens is 1. The zero-order valence-corrected chi connectivity index (χ0v) is 19.3. The Hall–Kier alpha value is -2.86. The van der Waals surface area contributed by atoms with Gasteiger partial charge in [-0.05, 0) is 38.0 Å². The molecule has 1 aromatic carbocycles. The monoisotopic (exact) mass is 494 g/mol. The van der Waals surface area contributed by atoms with Gasteiger partial charge in [-0.15, -0.1) is 0 Å². The molecule has 0 saturated carbocycles. The number of fused-ring (bicyclic) bond motifs is 1. The lowest BCUT2D eigenvalue weighted by atomic mass is 10.1. The van der Waals surface area contributed by atoms with Crippen molar-refractivity contribution in [3.63, 3.8) is 0 Å². The van der Waals surface area contributed by atoms with Crippen LogP contribution in [-0.2, 0) is 14.8 Å². The van der Waals surface area contributed by atoms with E-state index < -0.39 is 15.9 Å². The summed E-state index contributed by atoms with van der Waals surface area (Å²) in [6, 6.07) is 7.09. The Morgan fingerprint density at radius 2 is 2.06 bits per heavy atom. The van der Waals surface area contributed by atoms with Gasteiger partial charge < -0.3 is 14.1 Å². The largest absolute Gasteiger partial charge is 0.451 e. The van der Waals surface area contributed by atoms with Gasteiger partial charge in [0.15, 0.2) is 5.76 Å². The molecule has 3 aromatic rings. The molecule has 12 heteroatoms. The number of pyridine rings is 1. The lowest BCUT2D eigenvalue weighted by Crippen LogP contribution is -2.37. The summed E-state index contributed by atoms with van der Waals surface area (Å²) in [5, 5.41) is 9.43. The number of amides is 1. The molecule has 1 saturated heterocycles. The zero-order chi connectivity index (χ0) is 23.6. The average molecular weight is 495 g/mol. The molecule has 0 unspecified atom stereocenters. The first-order valence-corrected chi connectivity index (χ1v) is 12.2. The van der Waals surface area contributed by atoms with Crippen molar-refractivity contribution in [2.45, 2.75) is 30.8 Å². The van der Waals surface area contributed by atoms with Gasteiger partial charge in [0.25, 0.3) is 10.0 Å². The van der Waals surface area contributed by atoms with Crippen molar-refractivity contribution in [1.29, 1.82) is 0 Å². The van der Waals surface area contributed by atoms with Crippen LogP contribution in [0.2, 0.25) is 5.15 Å². The number of nitrogens with one attached hydrogen (secondary N) is 2. The van der Waals surface area contributed by atoms with Crippen LogP contribution in [0.4, 0.5) is 11.4 Å². The molecule has 3 N–H and O–H groups in total. The fraction of sp³-hybridized carbons (Fsp3) is 0.333. The number of carbonyl (C=O) groups is 1. The number of rotatable bonds is 7. The molecule has 0 bridgehead atoms. The topological polar surface area (TPSA) is 134 Å². The Labute approximate surface area is 195 Å². The summed E-state index contributed by atoms with van der Waals surface area (Å²) >= 11 is 6.06. The Kier molecular flexibility index (Phi) is 6.75. The molecule has 10 nitrogen and oxygen atoms in total. The molecule has 1 amide bonds. The van der Waals surface area contributed by atoms with Crippen LogP contribution in [0, 0.1) is 0 Å². The van der Waals surface area contributed by atoms with E-state index in [0.717, 1.165) is 12.8 Å². The number of hydroxylamine groups is 1. The van der Waals surface area contributed by atoms with Crippen molar-refractivity contribution in [2.75, 3.05) is 29.3 Å². The van der Waals surface area contributed by atoms with E-state index in [0.29, 0.717) is 36.5 Å². The van der Waals surface area contributed by atoms with Crippen molar-refractivity contribution >= 4 is 49.9 Å². The van der Waals surface area contributed by atoms with E-state index in [1.54, 1.807) is 6.20 Å². The molecule has 2 aromatic heterocycles. The Balaban J connectivity index is 1.60. The van der Waals surface area contributed by atoms with Gasteiger partial charge >= 0.3 is 5.91 Å². The van der Waals surface area contributed by atoms with E-state index in [-0.39, 0.29) is 27.5 Å². The minimum absolute atomic E-state index is 0.0609. The van der Waals surface area contributed by atoms with Gasteiger partial charge in [-0.25, -0.2) is 18.9 Å². The van der Waals surface area contributed by atoms with E-state index >= 15 is 0 Å². The quantitative estimate of drug-likeness (QED) is 0.258. The molecule has 0 aliphatic carbocycles. The molecule has 0 radical (unpaired) electrons. The van der Waals surface area contributed by atoms with Gasteiger partial charge in [-0.2, -0.15) is 0 Å². The molecule has 4 rings (SSSR count). The standard InChI is InChI=1S/C21H23ClN4O6S/c1-2-31-14-5-7-26(8-6-14)17-12-23-20(22)11-16(17)25-33(29,30)15-4-3-13-9-19(21(27)24-28)32-18(13)10-15/h3-4,9-12,14,28H,2,5-8H2,1H3,(H,23,25)(H,24,27). The zero-order valence-electron chi connectivity index (χ0n) is 17.7. The van der Waals surface area contributed by atoms with Crippen LogP contribution < -0.4 is 15.1 Å². The number of ether oxygens (including phenoxy) is 1. The molecule has 3 heterocycles. The van der Waals surface area contributed by atoms with Gasteiger partial charge in [0.2, 0.25) is 0 Å². The summed E-state index contributed by atoms with van der Waals surface area (Å²) in [6.07, 6.45) is 3.38. The Bertz CT molecular complexity index is 1270. The van der Waals surface area contributed by atoms with Gasteiger partial charge in [0, 0.05) is 37.2 Å². The van der Waals surface area contributed by atoms with Crippen LogP contribution in [0.3, 0.4) is 0 Å². The highest BCUT2D eigenvalue weighted by Gasteiger charge is 2.24. The lowest BCUT2D eigenvalue weighted by Gasteiger charge is -2.34. The highest BCUT2D eigenvalue weighted by molar-refractivity contribution is 7.92. The molecule has 176 valence electrons. The number of halogens is 1. The number of piperidine rings is 1. The summed E-state index contributed by atoms with van der Waals surface area (Å²) in [4.78, 5) is 17.7. The Morgan fingerprint density at radius 3 is 2.76 bits per heavy atom. The number of hydrogen-bond donors (Lipinski definition) is 3. The fourth-order valence-electron chi connectivity index (χ4n) is 3.80. The van der Waals surface area contributed by atoms with Crippen LogP contribution in [0.25, 0.3) is 11.0 Å². The predicted molar refractivity (Wildman–Crippen MR) is 122 cm³/mol. The van der Waals surface area contributed by atoms with Crippen LogP contribution >= 0.6 is 11.6 Å². The van der Waals surface area contributed by atoms with Crippen molar-refractivity contribution in [2.24, 2.45) is 0 Å². The Morgan fingerprint density at radius 1 is 1.30 bits per heavy atom. The van der Waals surface area contributed by atoms with Crippen molar-refractivity contribution < 1.29 is 27.6 Å². The number of furan rings is 1. The minimum atomic E-state index is -4.02. The molecule has 0 spiro atoms. The van der Waals surface area contributed by atoms with E-state index in [1.807, 2.05) is 11.8 Å². The van der Waals surface area contributed by atoms with Crippen LogP contribution in [0.1, 0.15) is 30.3 Å². The molecule has 33 heavy (non-hydrogen) atoms. The molecule has 1 aliphatic rings. The summed E-state index contributed by atoms with van der Waals surface area (Å²) < 4.78 is 40.0. The second-order valence-corrected chi connectivity index (χ2v) is 9.59. The van der Waals surface area contributed by atoms with Crippen LogP contribution in [-0.4, -0.2) is 50.3 Å². The van der Waals surface area contributed by atoms with E-state index in [1.165, 1.54) is 35.8 Å². The predicted octanol–water partition coefficient (Wildman–Crippen LogP) is 3.41. The summed E-state index contributed by atoms with van der Waals surface area (Å²) in [5.41, 5.74) is 2.59. The second kappa shape index (κ2) is 9.56. The van der Waals surface area contributed by atoms with Crippen LogP contribution in [0.5, 0.6) is 0 Å². The third-order valence-corrected chi connectivity index (χ3v) is 6.98. The van der Waals surface area contributed by atoms with Gasteiger partial charge in [0.1, 0.15) is 10.7 Å². The normalized spacial score (nSPS) is 15.1. The van der Waals surface area contributed by atoms with Crippen molar-refractivity contribution in [3.05, 3.63) is 47.4 Å². The summed E-state index contributed by atoms with van der Waals surface area (Å²) in [6.45, 7) is 4.00. The smallest absolute Gasteiger partial charge is 0.310 e. The minimum Gasteiger partial charge on any atom is -0.451 e. The average Bonchev–Trinajstić information content (AvgIpc) is 3.23. The second-order valence-electron chi connectivity index (χ2n) is 7.52. The number of carbonyl (C=O) groups excluding carboxylic acids is 1. The van der Waals surface area contributed by atoms with Crippen molar-refractivity contribution in [1.82, 2.24) is 10.5 Å². The first-order valence-electron chi connectivity index (χ1n) is 10.3. The van der Waals surface area contributed by atoms with Gasteiger partial charge in [0.05, 0.1) is 28.6 Å². The summed E-state index contributed by atoms with van der Waals surface area (Å²) in [7, 11) is -4.02. The van der Waals surface area contributed by atoms with Gasteiger partial charge in [-0.3, -0.25) is 14.7 Å². The first kappa shape index (κ1) is 23.3. The van der Waals surface area contributed by atoms with Gasteiger partial charge in [-0.1, -0.05) is 11.6 Å². The third-order valence-electron chi connectivity index (χ3n) is 5.41. The molecule has 1 aliphatic heterocycles. The maximum absolute atomic E-state index is 13.2. The van der Waals surface area contributed by atoms with E-state index in [4.69, 9.17) is 26.0 Å². The number of hydrogen-bond acceptors (Lipinski definition) is 8. The molecular formula is C21H23ClN4O6S. The summed E-state index contributed by atoms with van der Waals surface area (Å²) in [5.74, 6) is -0.980. The first-order chi connectivity index (χ1) is 15.8. The SMILES string of the molecule is CCOC1CCN(c2cnc(Cl)cc2NS(=O)(=O)c2ccc3cc(C(=O)NO)oc3c2)CC1. The maximum Gasteiger partial charge on any atom is 0.310 e. The molecule has 0 atom stereocenters. The van der Waals surface area contributed by atoms with Crippen molar-refractivity contribution in [3.8, 4) is 0 Å². The molecule has 1 fully saturated rings. The highest BCUT2D eigenvalue weighted by Crippen LogP contribution is 2.32. The molecular weight excluding hydrogens is 472 g/mol.